The van der Waals surface area contributed by atoms with Crippen LogP contribution < -0.4 is 5.32 Å². The first-order chi connectivity index (χ1) is 10.2. The first-order valence-corrected chi connectivity index (χ1v) is 8.24. The molecule has 1 fully saturated rings. The highest BCUT2D eigenvalue weighted by Crippen LogP contribution is 2.51. The van der Waals surface area contributed by atoms with Crippen LogP contribution in [0.1, 0.15) is 62.9 Å². The molecule has 0 spiro atoms. The van der Waals surface area contributed by atoms with Crippen LogP contribution in [0.25, 0.3) is 0 Å². The molecule has 1 aliphatic carbocycles. The zero-order chi connectivity index (χ0) is 16.1. The van der Waals surface area contributed by atoms with Crippen LogP contribution >= 0.6 is 0 Å². The van der Waals surface area contributed by atoms with Crippen LogP contribution in [-0.4, -0.2) is 19.1 Å². The molecule has 120 valence electrons. The lowest BCUT2D eigenvalue weighted by atomic mass is 9.58. The van der Waals surface area contributed by atoms with Crippen LogP contribution in [0.4, 0.5) is 5.69 Å². The standard InChI is InChI=1S/C19H27NO2/c1-18(2)9-8-13-16(11-18)20-15-7-6-12(17(21)22-5)10-14(15)19(13,3)4/h6-7,10,13,16,20H,8-9,11H2,1-5H3/t13-,16-/m0/s1. The summed E-state index contributed by atoms with van der Waals surface area (Å²) in [6, 6.07) is 6.45. The summed E-state index contributed by atoms with van der Waals surface area (Å²) in [6.45, 7) is 9.38. The largest absolute Gasteiger partial charge is 0.465 e. The minimum absolute atomic E-state index is 0.0752. The van der Waals surface area contributed by atoms with E-state index in [9.17, 15) is 4.79 Å². The average molecular weight is 301 g/mol. The molecule has 3 nitrogen and oxygen atoms in total. The van der Waals surface area contributed by atoms with Crippen molar-refractivity contribution >= 4 is 11.7 Å². The minimum atomic E-state index is -0.259. The van der Waals surface area contributed by atoms with Crippen molar-refractivity contribution in [1.82, 2.24) is 0 Å². The van der Waals surface area contributed by atoms with E-state index in [1.807, 2.05) is 18.2 Å². The number of nitrogens with one attached hydrogen (secondary N) is 1. The lowest BCUT2D eigenvalue weighted by Crippen LogP contribution is -2.50. The quantitative estimate of drug-likeness (QED) is 0.783. The maximum atomic E-state index is 11.8. The van der Waals surface area contributed by atoms with E-state index in [0.29, 0.717) is 22.9 Å². The van der Waals surface area contributed by atoms with Crippen molar-refractivity contribution in [2.45, 2.75) is 58.4 Å². The van der Waals surface area contributed by atoms with Gasteiger partial charge >= 0.3 is 5.97 Å². The van der Waals surface area contributed by atoms with Gasteiger partial charge < -0.3 is 10.1 Å². The molecule has 2 aliphatic rings. The third kappa shape index (κ3) is 2.41. The number of hydrogen-bond acceptors (Lipinski definition) is 3. The second kappa shape index (κ2) is 5.00. The predicted octanol–water partition coefficient (Wildman–Crippen LogP) is 4.37. The molecule has 0 saturated heterocycles. The van der Waals surface area contributed by atoms with Crippen molar-refractivity contribution in [2.24, 2.45) is 11.3 Å². The van der Waals surface area contributed by atoms with Crippen molar-refractivity contribution in [3.8, 4) is 0 Å². The monoisotopic (exact) mass is 301 g/mol. The Bertz CT molecular complexity index is 603. The number of carbonyl (C=O) groups is 1. The van der Waals surface area contributed by atoms with E-state index in [0.717, 1.165) is 0 Å². The number of fused-ring (bicyclic) bond motifs is 2. The van der Waals surface area contributed by atoms with Gasteiger partial charge in [-0.05, 0) is 59.8 Å². The van der Waals surface area contributed by atoms with E-state index < -0.39 is 0 Å². The van der Waals surface area contributed by atoms with Crippen molar-refractivity contribution in [2.75, 3.05) is 12.4 Å². The Morgan fingerprint density at radius 2 is 2.00 bits per heavy atom. The van der Waals surface area contributed by atoms with Gasteiger partial charge in [-0.15, -0.1) is 0 Å². The molecule has 0 bridgehead atoms. The molecule has 1 aromatic carbocycles. The van der Waals surface area contributed by atoms with E-state index >= 15 is 0 Å². The fourth-order valence-corrected chi connectivity index (χ4v) is 4.45. The SMILES string of the molecule is COC(=O)c1ccc2c(c1)C(C)(C)[C@H]1CCC(C)(C)C[C@@H]1N2. The van der Waals surface area contributed by atoms with Gasteiger partial charge in [0.25, 0.3) is 0 Å². The van der Waals surface area contributed by atoms with Crippen LogP contribution in [-0.2, 0) is 10.2 Å². The number of ether oxygens (including phenoxy) is 1. The number of methoxy groups -OCH3 is 1. The summed E-state index contributed by atoms with van der Waals surface area (Å²) >= 11 is 0. The molecule has 2 atom stereocenters. The smallest absolute Gasteiger partial charge is 0.337 e. The second-order valence-corrected chi connectivity index (χ2v) is 8.24. The summed E-state index contributed by atoms with van der Waals surface area (Å²) in [5.41, 5.74) is 3.55. The lowest BCUT2D eigenvalue weighted by Gasteiger charge is -2.52. The number of anilines is 1. The normalized spacial score (nSPS) is 28.0. The Balaban J connectivity index is 2.01. The highest BCUT2D eigenvalue weighted by Gasteiger charge is 2.46. The summed E-state index contributed by atoms with van der Waals surface area (Å²) in [5, 5.41) is 3.74. The molecule has 22 heavy (non-hydrogen) atoms. The fraction of sp³-hybridized carbons (Fsp3) is 0.632. The highest BCUT2D eigenvalue weighted by molar-refractivity contribution is 5.90. The van der Waals surface area contributed by atoms with Crippen LogP contribution in [0.2, 0.25) is 0 Å². The Morgan fingerprint density at radius 3 is 2.68 bits per heavy atom. The predicted molar refractivity (Wildman–Crippen MR) is 89.3 cm³/mol. The average Bonchev–Trinajstić information content (AvgIpc) is 2.44. The molecule has 1 aromatic rings. The Labute approximate surface area is 133 Å². The van der Waals surface area contributed by atoms with Gasteiger partial charge in [-0.3, -0.25) is 0 Å². The lowest BCUT2D eigenvalue weighted by molar-refractivity contribution is 0.0600. The maximum Gasteiger partial charge on any atom is 0.337 e. The van der Waals surface area contributed by atoms with E-state index in [4.69, 9.17) is 4.74 Å². The van der Waals surface area contributed by atoms with Gasteiger partial charge in [0, 0.05) is 11.7 Å². The van der Waals surface area contributed by atoms with Crippen LogP contribution in [0, 0.1) is 11.3 Å². The zero-order valence-corrected chi connectivity index (χ0v) is 14.3. The van der Waals surface area contributed by atoms with E-state index in [2.05, 4.69) is 33.0 Å². The molecular weight excluding hydrogens is 274 g/mol. The van der Waals surface area contributed by atoms with Crippen molar-refractivity contribution in [1.29, 1.82) is 0 Å². The minimum Gasteiger partial charge on any atom is -0.465 e. The first kappa shape index (κ1) is 15.4. The Kier molecular flexibility index (Phi) is 3.50. The molecule has 0 radical (unpaired) electrons. The Morgan fingerprint density at radius 1 is 1.27 bits per heavy atom. The van der Waals surface area contributed by atoms with Gasteiger partial charge in [-0.25, -0.2) is 4.79 Å². The summed E-state index contributed by atoms with van der Waals surface area (Å²) in [5.74, 6) is 0.353. The molecule has 1 saturated carbocycles. The first-order valence-electron chi connectivity index (χ1n) is 8.24. The highest BCUT2D eigenvalue weighted by atomic mass is 16.5. The summed E-state index contributed by atoms with van der Waals surface area (Å²) in [4.78, 5) is 11.8. The van der Waals surface area contributed by atoms with Crippen LogP contribution in [0.3, 0.4) is 0 Å². The van der Waals surface area contributed by atoms with Gasteiger partial charge in [0.15, 0.2) is 0 Å². The molecule has 0 aromatic heterocycles. The topological polar surface area (TPSA) is 38.3 Å². The third-order valence-electron chi connectivity index (χ3n) is 5.79. The molecule has 1 heterocycles. The molecule has 0 amide bonds. The number of hydrogen-bond donors (Lipinski definition) is 1. The van der Waals surface area contributed by atoms with E-state index in [1.165, 1.54) is 37.6 Å². The van der Waals surface area contributed by atoms with Gasteiger partial charge in [0.05, 0.1) is 12.7 Å². The van der Waals surface area contributed by atoms with Gasteiger partial charge in [0.2, 0.25) is 0 Å². The molecule has 1 aliphatic heterocycles. The second-order valence-electron chi connectivity index (χ2n) is 8.24. The molecule has 3 heteroatoms. The summed E-state index contributed by atoms with van der Waals surface area (Å²) in [6.07, 6.45) is 3.71. The maximum absolute atomic E-state index is 11.8. The molecule has 1 N–H and O–H groups in total. The molecular formula is C19H27NO2. The summed E-state index contributed by atoms with van der Waals surface area (Å²) < 4.78 is 4.87. The van der Waals surface area contributed by atoms with Gasteiger partial charge in [-0.2, -0.15) is 0 Å². The van der Waals surface area contributed by atoms with Crippen molar-refractivity contribution < 1.29 is 9.53 Å². The number of rotatable bonds is 1. The molecule has 0 unspecified atom stereocenters. The Hall–Kier alpha value is -1.51. The van der Waals surface area contributed by atoms with E-state index in [1.54, 1.807) is 0 Å². The number of carbonyl (C=O) groups excluding carboxylic acids is 1. The summed E-state index contributed by atoms with van der Waals surface area (Å²) in [7, 11) is 1.43. The van der Waals surface area contributed by atoms with E-state index in [-0.39, 0.29) is 11.4 Å². The van der Waals surface area contributed by atoms with Crippen LogP contribution in [0.15, 0.2) is 18.2 Å². The van der Waals surface area contributed by atoms with Gasteiger partial charge in [0.1, 0.15) is 0 Å². The third-order valence-corrected chi connectivity index (χ3v) is 5.79. The van der Waals surface area contributed by atoms with Crippen molar-refractivity contribution in [3.05, 3.63) is 29.3 Å². The van der Waals surface area contributed by atoms with Crippen LogP contribution in [0.5, 0.6) is 0 Å². The fourth-order valence-electron chi connectivity index (χ4n) is 4.45. The number of benzene rings is 1. The van der Waals surface area contributed by atoms with Crippen molar-refractivity contribution in [3.63, 3.8) is 0 Å². The van der Waals surface area contributed by atoms with Gasteiger partial charge in [-0.1, -0.05) is 27.7 Å². The molecule has 3 rings (SSSR count). The zero-order valence-electron chi connectivity index (χ0n) is 14.3. The number of esters is 1.